The summed E-state index contributed by atoms with van der Waals surface area (Å²) in [5.41, 5.74) is 11.4. The van der Waals surface area contributed by atoms with Crippen molar-refractivity contribution in [3.63, 3.8) is 0 Å². The third-order valence-electron chi connectivity index (χ3n) is 17.0. The summed E-state index contributed by atoms with van der Waals surface area (Å²) in [6.45, 7) is 49.5. The summed E-state index contributed by atoms with van der Waals surface area (Å²) >= 11 is 0. The SMILES string of the molecule is C.C.CNS(=O)(=O)c1cc(Nc2nc(NC(C)(C)C)ncc2C)ccc1C.Cc1ccc(Nc2nc(NC(C)(C)C)ncc2C)cc1S(=O)(=O)NC(C)(C)C.Cc1cnc(NC(C)(C)C)nc1Nc1ccc(F)c2[nH]ccc12.Cc1cnc(NC(C)(C)C)nc1Nc1ccc2[nH]ccc2c1.Cc1cnc(NC(C)(C)C)nc1Nc1cccc2[nH]ncc12. The number of fused-ring (bicyclic) bond motifs is 3. The molecule has 0 radical (unpaired) electrons. The van der Waals surface area contributed by atoms with E-state index in [1.165, 1.54) is 18.5 Å². The van der Waals surface area contributed by atoms with E-state index < -0.39 is 25.6 Å². The summed E-state index contributed by atoms with van der Waals surface area (Å²) in [5.74, 6) is 6.08. The lowest BCUT2D eigenvalue weighted by Crippen LogP contribution is -2.40. The van der Waals surface area contributed by atoms with Gasteiger partial charge in [-0.05, 0) is 270 Å². The van der Waals surface area contributed by atoms with Gasteiger partial charge in [0.1, 0.15) is 34.9 Å². The van der Waals surface area contributed by atoms with Gasteiger partial charge in [0, 0.05) is 149 Å². The zero-order valence-corrected chi connectivity index (χ0v) is 75.2. The molecule has 33 heteroatoms. The third kappa shape index (κ3) is 28.8. The van der Waals surface area contributed by atoms with Gasteiger partial charge in [-0.1, -0.05) is 33.1 Å². The highest BCUT2D eigenvalue weighted by molar-refractivity contribution is 7.89. The van der Waals surface area contributed by atoms with Crippen molar-refractivity contribution in [2.24, 2.45) is 0 Å². The van der Waals surface area contributed by atoms with Gasteiger partial charge in [0.25, 0.3) is 0 Å². The van der Waals surface area contributed by atoms with Gasteiger partial charge in [-0.25, -0.2) is 55.6 Å². The minimum absolute atomic E-state index is 0. The molecule has 13 aromatic rings. The first-order valence-electron chi connectivity index (χ1n) is 39.2. The van der Waals surface area contributed by atoms with Crippen molar-refractivity contribution in [1.29, 1.82) is 0 Å². The number of aromatic nitrogens is 14. The second-order valence-corrected chi connectivity index (χ2v) is 38.9. The molecular formula is C89H125FN26O4S2. The Balaban J connectivity index is 0.000000209. The average molecular weight is 1710 g/mol. The average Bonchev–Trinajstić information content (AvgIpc) is 1.69. The van der Waals surface area contributed by atoms with Gasteiger partial charge in [-0.3, -0.25) is 5.10 Å². The zero-order valence-electron chi connectivity index (χ0n) is 73.6. The first kappa shape index (κ1) is 96.9. The van der Waals surface area contributed by atoms with Crippen LogP contribution in [0, 0.1) is 54.3 Å². The molecule has 13 rings (SSSR count). The van der Waals surface area contributed by atoms with E-state index in [0.717, 1.165) is 78.3 Å². The second kappa shape index (κ2) is 39.5. The number of anilines is 15. The van der Waals surface area contributed by atoms with E-state index in [9.17, 15) is 21.2 Å². The molecule has 0 amide bonds. The molecule has 122 heavy (non-hydrogen) atoms. The summed E-state index contributed by atoms with van der Waals surface area (Å²) in [4.78, 5) is 50.9. The predicted molar refractivity (Wildman–Crippen MR) is 502 cm³/mol. The van der Waals surface area contributed by atoms with Crippen LogP contribution < -0.4 is 62.6 Å². The Hall–Kier alpha value is -12.2. The monoisotopic (exact) mass is 1700 g/mol. The molecule has 5 aromatic carbocycles. The van der Waals surface area contributed by atoms with Crippen molar-refractivity contribution >= 4 is 140 Å². The van der Waals surface area contributed by atoms with Crippen molar-refractivity contribution in [3.05, 3.63) is 191 Å². The molecule has 0 aliphatic carbocycles. The van der Waals surface area contributed by atoms with Crippen LogP contribution >= 0.6 is 0 Å². The molecule has 0 unspecified atom stereocenters. The number of H-pyrrole nitrogens is 3. The lowest BCUT2D eigenvalue weighted by Gasteiger charge is -2.22. The molecule has 8 heterocycles. The molecule has 0 spiro atoms. The van der Waals surface area contributed by atoms with E-state index in [2.05, 4.69) is 192 Å². The molecule has 8 aromatic heterocycles. The number of nitrogens with zero attached hydrogens (tertiary/aromatic N) is 11. The maximum atomic E-state index is 13.8. The molecule has 0 saturated carbocycles. The highest BCUT2D eigenvalue weighted by atomic mass is 32.2. The van der Waals surface area contributed by atoms with Crippen molar-refractivity contribution in [1.82, 2.24) is 79.4 Å². The fraction of sp³-hybridized carbons (Fsp3) is 0.382. The van der Waals surface area contributed by atoms with Crippen molar-refractivity contribution in [2.45, 2.75) is 231 Å². The van der Waals surface area contributed by atoms with Crippen LogP contribution in [0.5, 0.6) is 0 Å². The summed E-state index contributed by atoms with van der Waals surface area (Å²) in [6, 6.07) is 29.7. The molecule has 15 N–H and O–H groups in total. The first-order chi connectivity index (χ1) is 55.8. The number of halogens is 1. The second-order valence-electron chi connectivity index (χ2n) is 35.4. The standard InChI is InChI=1S/C20H31N5O2S.C17H20FN5.C17H25N5O2S.C17H21N5.C16H20N6.2CH4/c1-13-9-10-15(11-16(13)28(26,27)25-20(6,7)8)22-17-14(2)12-21-18(23-17)24-19(3,4)5;1-10-9-20-16(23-17(2,3)4)22-15(10)21-13-6-5-12(18)14-11(13)7-8-19-14;1-11-7-8-13(9-14(11)25(23,24)18-6)20-15-12(2)10-19-16(21-15)22-17(3,4)5;1-11-10-19-16(22-17(2,3)4)21-15(11)20-13-5-6-14-12(9-13)7-8-18-14;1-10-8-17-15(21-16(2,3)4)20-14(10)19-12-6-5-7-13-11(12)9-18-22-13;;/h9-12,25H,1-8H3,(H2,21,22,23,24);5-9,19H,1-4H3,(H2,20,21,22,23);7-10,18H,1-6H3,(H2,19,20,21,22);5-10,18H,1-4H3,(H2,19,20,21,22);5-9H,1-4H3,(H,18,22)(H2,17,19,20,21);2*1H4. The lowest BCUT2D eigenvalue weighted by molar-refractivity contribution is 0.491. The first-order valence-corrected chi connectivity index (χ1v) is 42.2. The number of benzene rings is 5. The fourth-order valence-corrected chi connectivity index (χ4v) is 14.1. The predicted octanol–water partition coefficient (Wildman–Crippen LogP) is 20.5. The Morgan fingerprint density at radius 2 is 0.713 bits per heavy atom. The Bertz CT molecular complexity index is 5970. The number of aromatic amines is 3. The van der Waals surface area contributed by atoms with Gasteiger partial charge in [0.05, 0.1) is 32.7 Å². The van der Waals surface area contributed by atoms with Crippen LogP contribution in [0.1, 0.15) is 178 Å². The molecular weight excluding hydrogens is 1580 g/mol. The van der Waals surface area contributed by atoms with Gasteiger partial charge in [-0.2, -0.15) is 30.0 Å². The number of nitrogens with one attached hydrogen (secondary N) is 15. The van der Waals surface area contributed by atoms with Crippen LogP contribution in [0.25, 0.3) is 32.7 Å². The van der Waals surface area contributed by atoms with Crippen LogP contribution in [0.4, 0.5) is 91.7 Å². The molecule has 654 valence electrons. The van der Waals surface area contributed by atoms with E-state index in [-0.39, 0.29) is 58.2 Å². The topological polar surface area (TPSA) is 402 Å². The number of hydrogen-bond acceptors (Lipinski definition) is 25. The highest BCUT2D eigenvalue weighted by Crippen LogP contribution is 2.33. The van der Waals surface area contributed by atoms with E-state index in [0.29, 0.717) is 75.2 Å². The Kier molecular flexibility index (Phi) is 31.4. The quantitative estimate of drug-likeness (QED) is 0.0357. The Labute approximate surface area is 719 Å². The van der Waals surface area contributed by atoms with Gasteiger partial charge in [0.2, 0.25) is 49.8 Å². The van der Waals surface area contributed by atoms with Gasteiger partial charge >= 0.3 is 0 Å². The van der Waals surface area contributed by atoms with Crippen molar-refractivity contribution in [2.75, 3.05) is 60.2 Å². The summed E-state index contributed by atoms with van der Waals surface area (Å²) in [5, 5.41) is 42.7. The van der Waals surface area contributed by atoms with Gasteiger partial charge in [0.15, 0.2) is 0 Å². The van der Waals surface area contributed by atoms with E-state index in [1.807, 2.05) is 185 Å². The normalized spacial score (nSPS) is 11.8. The van der Waals surface area contributed by atoms with E-state index in [4.69, 9.17) is 0 Å². The summed E-state index contributed by atoms with van der Waals surface area (Å²) in [7, 11) is -5.77. The number of hydrogen-bond donors (Lipinski definition) is 15. The van der Waals surface area contributed by atoms with Crippen molar-refractivity contribution < 1.29 is 21.2 Å². The Morgan fingerprint density at radius 1 is 0.352 bits per heavy atom. The maximum absolute atomic E-state index is 13.8. The largest absolute Gasteiger partial charge is 0.361 e. The molecule has 0 bridgehead atoms. The zero-order chi connectivity index (χ0) is 88.3. The molecule has 0 saturated heterocycles. The molecule has 0 fully saturated rings. The van der Waals surface area contributed by atoms with Crippen LogP contribution in [0.2, 0.25) is 0 Å². The molecule has 0 aliphatic heterocycles. The number of rotatable bonds is 19. The molecule has 0 aliphatic rings. The number of sulfonamides is 2. The summed E-state index contributed by atoms with van der Waals surface area (Å²) < 4.78 is 68.6. The maximum Gasteiger partial charge on any atom is 0.241 e. The van der Waals surface area contributed by atoms with Gasteiger partial charge < -0.3 is 63.1 Å². The van der Waals surface area contributed by atoms with Crippen LogP contribution in [0.15, 0.2) is 156 Å². The minimum atomic E-state index is -3.64. The van der Waals surface area contributed by atoms with Gasteiger partial charge in [-0.15, -0.1) is 0 Å². The smallest absolute Gasteiger partial charge is 0.241 e. The molecule has 30 nitrogen and oxygen atoms in total. The lowest BCUT2D eigenvalue weighted by atomic mass is 10.1. The van der Waals surface area contributed by atoms with Crippen molar-refractivity contribution in [3.8, 4) is 0 Å². The third-order valence-corrected chi connectivity index (χ3v) is 20.4. The Morgan fingerprint density at radius 3 is 1.10 bits per heavy atom. The molecule has 0 atom stereocenters. The highest BCUT2D eigenvalue weighted by Gasteiger charge is 2.26. The minimum Gasteiger partial charge on any atom is -0.361 e. The number of aryl methyl sites for hydroxylation is 7. The van der Waals surface area contributed by atoms with E-state index >= 15 is 0 Å². The van der Waals surface area contributed by atoms with E-state index in [1.54, 1.807) is 69.0 Å². The fourth-order valence-electron chi connectivity index (χ4n) is 11.4. The van der Waals surface area contributed by atoms with Crippen LogP contribution in [0.3, 0.4) is 0 Å². The van der Waals surface area contributed by atoms with Crippen LogP contribution in [-0.4, -0.2) is 127 Å². The summed E-state index contributed by atoms with van der Waals surface area (Å²) in [6.07, 6.45) is 14.3. The van der Waals surface area contributed by atoms with Crippen LogP contribution in [-0.2, 0) is 20.0 Å².